The fourth-order valence-corrected chi connectivity index (χ4v) is 10.1. The third kappa shape index (κ3) is 30.9. The van der Waals surface area contributed by atoms with E-state index in [1.807, 2.05) is 124 Å². The minimum atomic E-state index is -1.50. The number of esters is 3. The normalized spacial score (nSPS) is 12.3. The molecule has 17 nitrogen and oxygen atoms in total. The second-order valence-corrected chi connectivity index (χ2v) is 24.6. The summed E-state index contributed by atoms with van der Waals surface area (Å²) in [6.45, 7) is 11.7. The molecule has 0 heterocycles. The van der Waals surface area contributed by atoms with Crippen LogP contribution in [0.15, 0.2) is 115 Å². The van der Waals surface area contributed by atoms with E-state index in [0.29, 0.717) is 47.4 Å². The molecule has 4 N–H and O–H groups in total. The molecule has 18 heteroatoms. The summed E-state index contributed by atoms with van der Waals surface area (Å²) in [6.07, 6.45) is 16.6. The van der Waals surface area contributed by atoms with Gasteiger partial charge in [-0.1, -0.05) is 198 Å². The lowest BCUT2D eigenvalue weighted by Crippen LogP contribution is -2.46. The summed E-state index contributed by atoms with van der Waals surface area (Å²) in [5, 5.41) is 11.5. The van der Waals surface area contributed by atoms with Gasteiger partial charge in [0, 0.05) is 54.1 Å². The van der Waals surface area contributed by atoms with Gasteiger partial charge in [-0.2, -0.15) is 0 Å². The van der Waals surface area contributed by atoms with Crippen molar-refractivity contribution in [3.63, 3.8) is 0 Å². The smallest absolute Gasteiger partial charge is 0.408 e. The Morgan fingerprint density at radius 2 is 0.932 bits per heavy atom. The van der Waals surface area contributed by atoms with Gasteiger partial charge in [-0.25, -0.2) is 14.4 Å². The molecule has 0 fully saturated rings. The van der Waals surface area contributed by atoms with Crippen molar-refractivity contribution < 1.29 is 62.0 Å². The molecule has 484 valence electrons. The SMILES string of the molecule is CC(C)(C)OC(=O)CCCCCCCCCCCCCCCCC(=O)N[C@@H](CCC(=O)NCCOCCOCC(=O)NCCCC[C@H](NC(=O)OCc1ccccc1)C(=O)OC(c1ccccc1)(c1ccccc1)c1ccccc1Cl)C(=O)OC(C)(C)C. The summed E-state index contributed by atoms with van der Waals surface area (Å²) >= 11 is 6.89. The Morgan fingerprint density at radius 3 is 1.50 bits per heavy atom. The fourth-order valence-electron chi connectivity index (χ4n) is 9.84. The minimum absolute atomic E-state index is 0.0102. The number of unbranched alkanes of at least 4 members (excludes halogenated alkanes) is 14. The zero-order valence-electron chi connectivity index (χ0n) is 53.1. The monoisotopic (exact) mass is 1240 g/mol. The molecule has 88 heavy (non-hydrogen) atoms. The van der Waals surface area contributed by atoms with Crippen molar-refractivity contribution in [1.29, 1.82) is 0 Å². The van der Waals surface area contributed by atoms with Gasteiger partial charge < -0.3 is 49.7 Å². The number of ether oxygens (including phenoxy) is 6. The van der Waals surface area contributed by atoms with Crippen LogP contribution in [0.2, 0.25) is 5.02 Å². The zero-order valence-corrected chi connectivity index (χ0v) is 53.9. The number of hydrogen-bond acceptors (Lipinski definition) is 13. The Morgan fingerprint density at radius 1 is 0.443 bits per heavy atom. The Balaban J connectivity index is 1.10. The predicted octanol–water partition coefficient (Wildman–Crippen LogP) is 13.1. The molecule has 4 rings (SSSR count). The molecule has 0 spiro atoms. The van der Waals surface area contributed by atoms with Crippen LogP contribution in [0.5, 0.6) is 0 Å². The Labute approximate surface area is 528 Å². The Bertz CT molecular complexity index is 2630. The standard InChI is InChI=1S/C70H99ClN4O13/c1-68(2,3)86-64(79)44-29-18-16-14-12-10-8-7-9-11-13-15-17-28-43-62(77)74-60(65(80)87-69(4,5)6)45-46-61(76)73-48-49-83-50-51-84-53-63(78)72-47-33-32-42-59(75-67(82)85-52-54-34-22-19-23-35-54)66(81)88-70(55-36-24-20-25-37-55,56-38-26-21-27-39-56)57-40-30-31-41-58(57)71/h19-27,30-31,34-41,59-60H,7-18,28-29,32-33,42-53H2,1-6H3,(H,72,78)(H,73,76)(H,74,77)(H,75,82)/t59-,60-/m0/s1. The van der Waals surface area contributed by atoms with Crippen molar-refractivity contribution >= 4 is 53.3 Å². The van der Waals surface area contributed by atoms with E-state index < -0.39 is 46.9 Å². The summed E-state index contributed by atoms with van der Waals surface area (Å²) in [6, 6.07) is 32.8. The van der Waals surface area contributed by atoms with E-state index in [0.717, 1.165) is 44.1 Å². The van der Waals surface area contributed by atoms with Crippen molar-refractivity contribution in [2.75, 3.05) is 39.5 Å². The molecule has 0 unspecified atom stereocenters. The number of hydrogen-bond donors (Lipinski definition) is 4. The second kappa shape index (κ2) is 41.4. The molecular weight excluding hydrogens is 1140 g/mol. The number of nitrogens with one attached hydrogen (secondary N) is 4. The molecule has 0 aliphatic carbocycles. The van der Waals surface area contributed by atoms with Gasteiger partial charge in [0.15, 0.2) is 5.60 Å². The predicted molar refractivity (Wildman–Crippen MR) is 342 cm³/mol. The van der Waals surface area contributed by atoms with E-state index in [9.17, 15) is 33.6 Å². The summed E-state index contributed by atoms with van der Waals surface area (Å²) in [7, 11) is 0. The van der Waals surface area contributed by atoms with Gasteiger partial charge in [-0.05, 0) is 91.7 Å². The lowest BCUT2D eigenvalue weighted by Gasteiger charge is -2.37. The average molecular weight is 1240 g/mol. The van der Waals surface area contributed by atoms with E-state index in [1.54, 1.807) is 32.9 Å². The van der Waals surface area contributed by atoms with Crippen molar-refractivity contribution in [3.05, 3.63) is 143 Å². The average Bonchev–Trinajstić information content (AvgIpc) is 0.827. The molecule has 0 aromatic heterocycles. The van der Waals surface area contributed by atoms with Gasteiger partial charge in [0.1, 0.15) is 36.5 Å². The third-order valence-electron chi connectivity index (χ3n) is 14.2. The maximum absolute atomic E-state index is 14.6. The van der Waals surface area contributed by atoms with Crippen LogP contribution in [0.3, 0.4) is 0 Å². The van der Waals surface area contributed by atoms with E-state index >= 15 is 0 Å². The highest BCUT2D eigenvalue weighted by Crippen LogP contribution is 2.44. The van der Waals surface area contributed by atoms with E-state index in [4.69, 9.17) is 40.0 Å². The molecule has 0 aliphatic rings. The largest absolute Gasteiger partial charge is 0.460 e. The number of benzene rings is 4. The molecule has 0 bridgehead atoms. The summed E-state index contributed by atoms with van der Waals surface area (Å²) in [5.74, 6) is -2.31. The maximum Gasteiger partial charge on any atom is 0.408 e. The first-order valence-electron chi connectivity index (χ1n) is 31.7. The molecule has 4 aromatic rings. The molecule has 2 atom stereocenters. The van der Waals surface area contributed by atoms with E-state index in [2.05, 4.69) is 21.3 Å². The van der Waals surface area contributed by atoms with Crippen LogP contribution in [0.1, 0.15) is 199 Å². The number of halogens is 1. The number of rotatable bonds is 43. The molecular formula is C70H99ClN4O13. The van der Waals surface area contributed by atoms with Gasteiger partial charge in [-0.15, -0.1) is 0 Å². The van der Waals surface area contributed by atoms with E-state index in [1.165, 1.54) is 44.9 Å². The number of alkyl carbamates (subject to hydrolysis) is 1. The number of carbonyl (C=O) groups is 7. The summed E-state index contributed by atoms with van der Waals surface area (Å²) < 4.78 is 34.2. The molecule has 4 aromatic carbocycles. The zero-order chi connectivity index (χ0) is 63.9. The summed E-state index contributed by atoms with van der Waals surface area (Å²) in [4.78, 5) is 91.2. The third-order valence-corrected chi connectivity index (χ3v) is 14.5. The van der Waals surface area contributed by atoms with Crippen LogP contribution in [0, 0.1) is 0 Å². The van der Waals surface area contributed by atoms with Crippen LogP contribution < -0.4 is 21.3 Å². The maximum atomic E-state index is 14.6. The second-order valence-electron chi connectivity index (χ2n) is 24.2. The first-order valence-corrected chi connectivity index (χ1v) is 32.1. The van der Waals surface area contributed by atoms with Gasteiger partial charge >= 0.3 is 24.0 Å². The van der Waals surface area contributed by atoms with Crippen LogP contribution in [-0.4, -0.2) is 105 Å². The summed E-state index contributed by atoms with van der Waals surface area (Å²) in [5.41, 5.74) is -0.0914. The van der Waals surface area contributed by atoms with Crippen molar-refractivity contribution in [1.82, 2.24) is 21.3 Å². The topological polar surface area (TPSA) is 223 Å². The lowest BCUT2D eigenvalue weighted by molar-refractivity contribution is -0.159. The number of amides is 4. The fraction of sp³-hybridized carbons (Fsp3) is 0.557. The van der Waals surface area contributed by atoms with Gasteiger partial charge in [0.05, 0.1) is 19.8 Å². The van der Waals surface area contributed by atoms with Crippen LogP contribution in [0.25, 0.3) is 0 Å². The molecule has 0 saturated heterocycles. The first-order chi connectivity index (χ1) is 42.3. The highest BCUT2D eigenvalue weighted by atomic mass is 35.5. The van der Waals surface area contributed by atoms with E-state index in [-0.39, 0.29) is 95.5 Å². The quantitative estimate of drug-likeness (QED) is 0.0140. The Kier molecular flexibility index (Phi) is 34.7. The van der Waals surface area contributed by atoms with Crippen molar-refractivity contribution in [2.45, 2.75) is 212 Å². The number of carbonyl (C=O) groups excluding carboxylic acids is 7. The first kappa shape index (κ1) is 73.6. The van der Waals surface area contributed by atoms with Crippen LogP contribution >= 0.6 is 11.6 Å². The van der Waals surface area contributed by atoms with Crippen molar-refractivity contribution in [2.24, 2.45) is 0 Å². The molecule has 0 aliphatic heterocycles. The van der Waals surface area contributed by atoms with Gasteiger partial charge in [-0.3, -0.25) is 19.2 Å². The molecule has 0 saturated carbocycles. The van der Waals surface area contributed by atoms with Gasteiger partial charge in [0.25, 0.3) is 0 Å². The Hall–Kier alpha value is -6.82. The highest BCUT2D eigenvalue weighted by Gasteiger charge is 2.44. The van der Waals surface area contributed by atoms with Crippen molar-refractivity contribution in [3.8, 4) is 0 Å². The highest BCUT2D eigenvalue weighted by molar-refractivity contribution is 6.31. The molecule has 0 radical (unpaired) electrons. The minimum Gasteiger partial charge on any atom is -0.460 e. The lowest BCUT2D eigenvalue weighted by atomic mass is 9.80. The van der Waals surface area contributed by atoms with Crippen LogP contribution in [0.4, 0.5) is 4.79 Å². The van der Waals surface area contributed by atoms with Crippen LogP contribution in [-0.2, 0) is 69.4 Å². The molecule has 4 amide bonds. The van der Waals surface area contributed by atoms with Gasteiger partial charge in [0.2, 0.25) is 17.7 Å².